The SMILES string of the molecule is C=CC[C@@H](O)[C@H]1O[C@@H]2OC(C)(C)O[C@@H]2[C@H]1N=[N+]=[N-]. The van der Waals surface area contributed by atoms with Crippen molar-refractivity contribution in [2.75, 3.05) is 0 Å². The molecule has 0 radical (unpaired) electrons. The Morgan fingerprint density at radius 1 is 1.56 bits per heavy atom. The highest BCUT2D eigenvalue weighted by Crippen LogP contribution is 2.40. The van der Waals surface area contributed by atoms with E-state index in [1.165, 1.54) is 0 Å². The summed E-state index contributed by atoms with van der Waals surface area (Å²) < 4.78 is 16.8. The number of rotatable bonds is 4. The second kappa shape index (κ2) is 4.87. The first-order chi connectivity index (χ1) is 8.48. The Bertz CT molecular complexity index is 380. The van der Waals surface area contributed by atoms with E-state index >= 15 is 0 Å². The van der Waals surface area contributed by atoms with Crippen molar-refractivity contribution in [1.82, 2.24) is 0 Å². The lowest BCUT2D eigenvalue weighted by Crippen LogP contribution is -2.39. The lowest BCUT2D eigenvalue weighted by atomic mass is 10.0. The molecule has 0 unspecified atom stereocenters. The van der Waals surface area contributed by atoms with Crippen molar-refractivity contribution in [3.8, 4) is 0 Å². The van der Waals surface area contributed by atoms with Gasteiger partial charge in [0.2, 0.25) is 0 Å². The van der Waals surface area contributed by atoms with Crippen molar-refractivity contribution in [1.29, 1.82) is 0 Å². The fourth-order valence-corrected chi connectivity index (χ4v) is 2.33. The Balaban J connectivity index is 2.16. The highest BCUT2D eigenvalue weighted by Gasteiger charge is 2.55. The maximum absolute atomic E-state index is 9.94. The smallest absolute Gasteiger partial charge is 0.188 e. The molecule has 2 aliphatic heterocycles. The third-order valence-corrected chi connectivity index (χ3v) is 3.02. The minimum Gasteiger partial charge on any atom is -0.390 e. The molecule has 0 amide bonds. The molecule has 0 aromatic carbocycles. The average Bonchev–Trinajstić information content (AvgIpc) is 2.73. The first kappa shape index (κ1) is 13.3. The molecule has 100 valence electrons. The van der Waals surface area contributed by atoms with Gasteiger partial charge in [-0.05, 0) is 25.8 Å². The molecule has 18 heavy (non-hydrogen) atoms. The molecular formula is C11H17N3O4. The summed E-state index contributed by atoms with van der Waals surface area (Å²) in [5, 5.41) is 13.6. The number of hydrogen-bond donors (Lipinski definition) is 1. The van der Waals surface area contributed by atoms with Crippen LogP contribution in [0.3, 0.4) is 0 Å². The summed E-state index contributed by atoms with van der Waals surface area (Å²) in [5.41, 5.74) is 8.61. The second-order valence-electron chi connectivity index (χ2n) is 4.86. The van der Waals surface area contributed by atoms with Crippen molar-refractivity contribution < 1.29 is 19.3 Å². The van der Waals surface area contributed by atoms with Crippen LogP contribution in [-0.2, 0) is 14.2 Å². The van der Waals surface area contributed by atoms with Gasteiger partial charge in [-0.1, -0.05) is 11.2 Å². The first-order valence-electron chi connectivity index (χ1n) is 5.83. The summed E-state index contributed by atoms with van der Waals surface area (Å²) in [6, 6.07) is -0.600. The number of fused-ring (bicyclic) bond motifs is 1. The second-order valence-corrected chi connectivity index (χ2v) is 4.86. The molecule has 7 nitrogen and oxygen atoms in total. The number of azide groups is 1. The minimum absolute atomic E-state index is 0.352. The van der Waals surface area contributed by atoms with Crippen molar-refractivity contribution >= 4 is 0 Å². The molecule has 2 aliphatic rings. The van der Waals surface area contributed by atoms with Gasteiger partial charge in [0, 0.05) is 4.91 Å². The topological polar surface area (TPSA) is 96.7 Å². The zero-order valence-electron chi connectivity index (χ0n) is 10.4. The third-order valence-electron chi connectivity index (χ3n) is 3.02. The van der Waals surface area contributed by atoms with Gasteiger partial charge in [0.1, 0.15) is 6.10 Å². The largest absolute Gasteiger partial charge is 0.390 e. The molecule has 2 fully saturated rings. The van der Waals surface area contributed by atoms with Gasteiger partial charge in [0.05, 0.1) is 18.2 Å². The van der Waals surface area contributed by atoms with Crippen LogP contribution in [0.25, 0.3) is 10.4 Å². The predicted molar refractivity (Wildman–Crippen MR) is 62.5 cm³/mol. The molecule has 0 saturated carbocycles. The fourth-order valence-electron chi connectivity index (χ4n) is 2.33. The molecule has 2 heterocycles. The average molecular weight is 255 g/mol. The van der Waals surface area contributed by atoms with Gasteiger partial charge in [0.25, 0.3) is 0 Å². The van der Waals surface area contributed by atoms with E-state index in [-0.39, 0.29) is 0 Å². The van der Waals surface area contributed by atoms with Crippen LogP contribution in [0.1, 0.15) is 20.3 Å². The standard InChI is InChI=1S/C11H17N3O4/c1-4-5-6(15)8-7(13-14-12)9-10(16-8)18-11(2,3)17-9/h4,6-10,15H,1,5H2,2-3H3/t6-,7+,8-,9-,10-/m1/s1. The summed E-state index contributed by atoms with van der Waals surface area (Å²) in [6.07, 6.45) is -0.587. The van der Waals surface area contributed by atoms with Crippen LogP contribution in [0.15, 0.2) is 17.8 Å². The van der Waals surface area contributed by atoms with Crippen molar-refractivity contribution in [2.45, 2.75) is 56.7 Å². The van der Waals surface area contributed by atoms with Gasteiger partial charge < -0.3 is 19.3 Å². The highest BCUT2D eigenvalue weighted by atomic mass is 16.8. The molecule has 7 heteroatoms. The van der Waals surface area contributed by atoms with E-state index in [1.807, 2.05) is 0 Å². The Labute approximate surface area is 105 Å². The molecule has 5 atom stereocenters. The van der Waals surface area contributed by atoms with Gasteiger partial charge >= 0.3 is 0 Å². The predicted octanol–water partition coefficient (Wildman–Crippen LogP) is 1.48. The van der Waals surface area contributed by atoms with E-state index in [2.05, 4.69) is 16.6 Å². The highest BCUT2D eigenvalue weighted by molar-refractivity contribution is 5.01. The van der Waals surface area contributed by atoms with Crippen molar-refractivity contribution in [3.63, 3.8) is 0 Å². The Morgan fingerprint density at radius 3 is 2.89 bits per heavy atom. The molecule has 1 N–H and O–H groups in total. The van der Waals surface area contributed by atoms with Crippen LogP contribution >= 0.6 is 0 Å². The van der Waals surface area contributed by atoms with Crippen LogP contribution in [0.4, 0.5) is 0 Å². The first-order valence-corrected chi connectivity index (χ1v) is 5.83. The molecule has 0 aromatic rings. The quantitative estimate of drug-likeness (QED) is 0.356. The van der Waals surface area contributed by atoms with Gasteiger partial charge in [0.15, 0.2) is 12.1 Å². The Hall–Kier alpha value is -1.11. The number of aliphatic hydroxyl groups is 1. The maximum Gasteiger partial charge on any atom is 0.188 e. The van der Waals surface area contributed by atoms with E-state index in [0.29, 0.717) is 6.42 Å². The molecule has 0 aromatic heterocycles. The van der Waals surface area contributed by atoms with Crippen LogP contribution < -0.4 is 0 Å². The van der Waals surface area contributed by atoms with Crippen molar-refractivity contribution in [3.05, 3.63) is 23.1 Å². The zero-order chi connectivity index (χ0) is 13.3. The van der Waals surface area contributed by atoms with Crippen LogP contribution in [0.5, 0.6) is 0 Å². The van der Waals surface area contributed by atoms with E-state index < -0.39 is 36.4 Å². The summed E-state index contributed by atoms with van der Waals surface area (Å²) in [4.78, 5) is 2.79. The fraction of sp³-hybridized carbons (Fsp3) is 0.818. The van der Waals surface area contributed by atoms with Crippen LogP contribution in [0, 0.1) is 0 Å². The zero-order valence-corrected chi connectivity index (χ0v) is 10.4. The van der Waals surface area contributed by atoms with Gasteiger partial charge in [-0.15, -0.1) is 6.58 Å². The monoisotopic (exact) mass is 255 g/mol. The van der Waals surface area contributed by atoms with Crippen LogP contribution in [0.2, 0.25) is 0 Å². The summed E-state index contributed by atoms with van der Waals surface area (Å²) in [6.45, 7) is 7.08. The number of nitrogens with zero attached hydrogens (tertiary/aromatic N) is 3. The summed E-state index contributed by atoms with van der Waals surface area (Å²) >= 11 is 0. The number of aliphatic hydroxyl groups excluding tert-OH is 1. The van der Waals surface area contributed by atoms with E-state index in [9.17, 15) is 5.11 Å². The molecule has 2 rings (SSSR count). The summed E-state index contributed by atoms with van der Waals surface area (Å²) in [5.74, 6) is -0.771. The molecule has 0 bridgehead atoms. The lowest BCUT2D eigenvalue weighted by Gasteiger charge is -2.25. The van der Waals surface area contributed by atoms with E-state index in [0.717, 1.165) is 0 Å². The summed E-state index contributed by atoms with van der Waals surface area (Å²) in [7, 11) is 0. The Kier molecular flexibility index (Phi) is 3.61. The Morgan fingerprint density at radius 2 is 2.28 bits per heavy atom. The molecule has 2 saturated heterocycles. The van der Waals surface area contributed by atoms with Crippen LogP contribution in [-0.4, -0.2) is 41.5 Å². The third kappa shape index (κ3) is 2.36. The van der Waals surface area contributed by atoms with Gasteiger partial charge in [-0.25, -0.2) is 0 Å². The van der Waals surface area contributed by atoms with Gasteiger partial charge in [-0.2, -0.15) is 0 Å². The van der Waals surface area contributed by atoms with E-state index in [1.54, 1.807) is 19.9 Å². The van der Waals surface area contributed by atoms with E-state index in [4.69, 9.17) is 19.7 Å². The lowest BCUT2D eigenvalue weighted by molar-refractivity contribution is -0.215. The normalized spacial score (nSPS) is 38.8. The number of hydrogen-bond acceptors (Lipinski definition) is 5. The molecule has 0 spiro atoms. The van der Waals surface area contributed by atoms with Crippen molar-refractivity contribution in [2.24, 2.45) is 5.11 Å². The maximum atomic E-state index is 9.94. The van der Waals surface area contributed by atoms with Gasteiger partial charge in [-0.3, -0.25) is 0 Å². The molecular weight excluding hydrogens is 238 g/mol. The minimum atomic E-state index is -0.793. The molecule has 0 aliphatic carbocycles. The number of ether oxygens (including phenoxy) is 3.